The van der Waals surface area contributed by atoms with Gasteiger partial charge in [-0.1, -0.05) is 29.8 Å². The number of sulfonamides is 2. The zero-order valence-electron chi connectivity index (χ0n) is 21.9. The number of benzene rings is 4. The molecule has 0 radical (unpaired) electrons. The number of nitrogens with zero attached hydrogens (tertiary/aromatic N) is 1. The molecule has 0 unspecified atom stereocenters. The van der Waals surface area contributed by atoms with Crippen molar-refractivity contribution in [3.63, 3.8) is 0 Å². The maximum absolute atomic E-state index is 13.7. The Hall–Kier alpha value is -4.26. The summed E-state index contributed by atoms with van der Waals surface area (Å²) in [4.78, 5) is 12.9. The number of halogens is 1. The van der Waals surface area contributed by atoms with Crippen LogP contribution in [0.4, 0.5) is 17.1 Å². The second kappa shape index (κ2) is 12.5. The van der Waals surface area contributed by atoms with E-state index in [4.69, 9.17) is 21.1 Å². The van der Waals surface area contributed by atoms with Crippen LogP contribution in [0.5, 0.6) is 11.5 Å². The lowest BCUT2D eigenvalue weighted by Crippen LogP contribution is -2.38. The number of methoxy groups -OCH3 is 2. The lowest BCUT2D eigenvalue weighted by Gasteiger charge is -2.24. The Labute approximate surface area is 243 Å². The van der Waals surface area contributed by atoms with Gasteiger partial charge in [-0.3, -0.25) is 13.8 Å². The monoisotopic (exact) mass is 615 g/mol. The fraction of sp³-hybridized carbons (Fsp3) is 0.107. The van der Waals surface area contributed by atoms with E-state index >= 15 is 0 Å². The Morgan fingerprint density at radius 3 is 1.95 bits per heavy atom. The summed E-state index contributed by atoms with van der Waals surface area (Å²) in [6.45, 7) is -0.557. The van der Waals surface area contributed by atoms with E-state index in [2.05, 4.69) is 10.0 Å². The molecular weight excluding hydrogens is 590 g/mol. The van der Waals surface area contributed by atoms with Gasteiger partial charge in [0.15, 0.2) is 11.5 Å². The fourth-order valence-electron chi connectivity index (χ4n) is 3.79. The van der Waals surface area contributed by atoms with E-state index in [0.717, 1.165) is 4.31 Å². The summed E-state index contributed by atoms with van der Waals surface area (Å²) in [5.74, 6) is -0.0799. The van der Waals surface area contributed by atoms with Crippen molar-refractivity contribution in [2.45, 2.75) is 9.79 Å². The van der Waals surface area contributed by atoms with Crippen LogP contribution in [0.2, 0.25) is 5.02 Å². The maximum atomic E-state index is 13.7. The van der Waals surface area contributed by atoms with Gasteiger partial charge in [-0.25, -0.2) is 16.8 Å². The van der Waals surface area contributed by atoms with Gasteiger partial charge in [-0.2, -0.15) is 0 Å². The lowest BCUT2D eigenvalue weighted by molar-refractivity contribution is -0.114. The van der Waals surface area contributed by atoms with Crippen LogP contribution in [-0.4, -0.2) is 43.5 Å². The van der Waals surface area contributed by atoms with E-state index in [0.29, 0.717) is 16.5 Å². The average Bonchev–Trinajstić information content (AvgIpc) is 2.97. The van der Waals surface area contributed by atoms with Crippen molar-refractivity contribution in [2.75, 3.05) is 35.1 Å². The van der Waals surface area contributed by atoms with Gasteiger partial charge in [-0.15, -0.1) is 0 Å². The third kappa shape index (κ3) is 7.09. The number of rotatable bonds is 11. The van der Waals surface area contributed by atoms with Crippen molar-refractivity contribution >= 4 is 54.6 Å². The number of amides is 1. The molecule has 0 bridgehead atoms. The van der Waals surface area contributed by atoms with Crippen LogP contribution in [0.3, 0.4) is 0 Å². The molecule has 13 heteroatoms. The van der Waals surface area contributed by atoms with E-state index in [1.165, 1.54) is 68.8 Å². The quantitative estimate of drug-likeness (QED) is 0.243. The molecule has 10 nitrogen and oxygen atoms in total. The first kappa shape index (κ1) is 29.7. The van der Waals surface area contributed by atoms with Gasteiger partial charge < -0.3 is 14.8 Å². The number of hydrogen-bond acceptors (Lipinski definition) is 7. The average molecular weight is 616 g/mol. The number of anilines is 3. The molecule has 214 valence electrons. The molecular formula is C28H26ClN3O7S2. The summed E-state index contributed by atoms with van der Waals surface area (Å²) in [5.41, 5.74) is 0.882. The summed E-state index contributed by atoms with van der Waals surface area (Å²) in [6.07, 6.45) is 0. The topological polar surface area (TPSA) is 131 Å². The molecule has 0 aromatic heterocycles. The van der Waals surface area contributed by atoms with Gasteiger partial charge in [0.1, 0.15) is 6.54 Å². The van der Waals surface area contributed by atoms with E-state index < -0.39 is 32.5 Å². The molecule has 0 aliphatic heterocycles. The first-order chi connectivity index (χ1) is 19.5. The molecule has 0 spiro atoms. The van der Waals surface area contributed by atoms with Crippen LogP contribution in [0, 0.1) is 0 Å². The first-order valence-corrected chi connectivity index (χ1v) is 15.3. The normalized spacial score (nSPS) is 11.4. The second-order valence-electron chi connectivity index (χ2n) is 8.55. The number of hydrogen-bond donors (Lipinski definition) is 2. The molecule has 0 heterocycles. The van der Waals surface area contributed by atoms with Gasteiger partial charge in [0.25, 0.3) is 20.0 Å². The molecule has 4 rings (SSSR count). The van der Waals surface area contributed by atoms with Crippen LogP contribution in [-0.2, 0) is 24.8 Å². The Morgan fingerprint density at radius 2 is 1.34 bits per heavy atom. The van der Waals surface area contributed by atoms with E-state index in [1.807, 2.05) is 0 Å². The number of carbonyl (C=O) groups excluding carboxylic acids is 1. The van der Waals surface area contributed by atoms with Crippen LogP contribution >= 0.6 is 11.6 Å². The van der Waals surface area contributed by atoms with Crippen LogP contribution in [0.25, 0.3) is 0 Å². The number of para-hydroxylation sites is 1. The largest absolute Gasteiger partial charge is 0.493 e. The smallest absolute Gasteiger partial charge is 0.264 e. The van der Waals surface area contributed by atoms with E-state index in [-0.39, 0.29) is 26.9 Å². The minimum atomic E-state index is -4.22. The maximum Gasteiger partial charge on any atom is 0.264 e. The molecule has 41 heavy (non-hydrogen) atoms. The van der Waals surface area contributed by atoms with E-state index in [1.54, 1.807) is 42.5 Å². The van der Waals surface area contributed by atoms with Gasteiger partial charge >= 0.3 is 0 Å². The summed E-state index contributed by atoms with van der Waals surface area (Å²) in [6, 6.07) is 24.0. The molecule has 1 amide bonds. The molecule has 0 aliphatic rings. The Balaban J connectivity index is 1.54. The molecule has 4 aromatic rings. The van der Waals surface area contributed by atoms with Gasteiger partial charge in [0, 0.05) is 22.5 Å². The standard InChI is InChI=1S/C28H26ClN3O7S2/c1-38-26-17-16-25(18-27(26)39-2)41(36,37)32(23-6-4-3-5-7-23)19-28(33)30-21-12-14-24(15-13-21)40(34,35)31-22-10-8-20(29)9-11-22/h3-18,31H,19H2,1-2H3,(H,30,33). The highest BCUT2D eigenvalue weighted by Gasteiger charge is 2.28. The summed E-state index contributed by atoms with van der Waals surface area (Å²) < 4.78 is 66.7. The van der Waals surface area contributed by atoms with Gasteiger partial charge in [0.2, 0.25) is 5.91 Å². The fourth-order valence-corrected chi connectivity index (χ4v) is 6.42. The zero-order valence-corrected chi connectivity index (χ0v) is 24.3. The Morgan fingerprint density at radius 1 is 0.756 bits per heavy atom. The highest BCUT2D eigenvalue weighted by atomic mass is 35.5. The minimum Gasteiger partial charge on any atom is -0.493 e. The third-order valence-corrected chi connectivity index (χ3v) is 9.24. The second-order valence-corrected chi connectivity index (χ2v) is 12.5. The van der Waals surface area contributed by atoms with Crippen molar-refractivity contribution < 1.29 is 31.1 Å². The molecule has 2 N–H and O–H groups in total. The summed E-state index contributed by atoms with van der Waals surface area (Å²) >= 11 is 5.85. The molecule has 0 saturated heterocycles. The predicted octanol–water partition coefficient (Wildman–Crippen LogP) is 4.99. The van der Waals surface area contributed by atoms with Crippen molar-refractivity contribution in [1.29, 1.82) is 0 Å². The molecule has 0 saturated carbocycles. The minimum absolute atomic E-state index is 0.0348. The van der Waals surface area contributed by atoms with Crippen LogP contribution in [0.15, 0.2) is 107 Å². The summed E-state index contributed by atoms with van der Waals surface area (Å²) in [5, 5.41) is 3.09. The Kier molecular flexibility index (Phi) is 9.06. The van der Waals surface area contributed by atoms with Crippen molar-refractivity contribution in [2.24, 2.45) is 0 Å². The first-order valence-electron chi connectivity index (χ1n) is 12.0. The van der Waals surface area contributed by atoms with E-state index in [9.17, 15) is 21.6 Å². The molecule has 4 aromatic carbocycles. The number of carbonyl (C=O) groups is 1. The number of ether oxygens (including phenoxy) is 2. The van der Waals surface area contributed by atoms with Crippen LogP contribution < -0.4 is 23.8 Å². The Bertz CT molecular complexity index is 1730. The zero-order chi connectivity index (χ0) is 29.6. The third-order valence-electron chi connectivity index (χ3n) is 5.82. The summed E-state index contributed by atoms with van der Waals surface area (Å²) in [7, 11) is -5.29. The lowest BCUT2D eigenvalue weighted by atomic mass is 10.3. The number of nitrogens with one attached hydrogen (secondary N) is 2. The van der Waals surface area contributed by atoms with Gasteiger partial charge in [-0.05, 0) is 72.8 Å². The SMILES string of the molecule is COc1ccc(S(=O)(=O)N(CC(=O)Nc2ccc(S(=O)(=O)Nc3ccc(Cl)cc3)cc2)c2ccccc2)cc1OC. The highest BCUT2D eigenvalue weighted by molar-refractivity contribution is 7.93. The van der Waals surface area contributed by atoms with Crippen LogP contribution in [0.1, 0.15) is 0 Å². The van der Waals surface area contributed by atoms with Crippen molar-refractivity contribution in [3.05, 3.63) is 102 Å². The van der Waals surface area contributed by atoms with Crippen molar-refractivity contribution in [1.82, 2.24) is 0 Å². The van der Waals surface area contributed by atoms with Crippen molar-refractivity contribution in [3.8, 4) is 11.5 Å². The predicted molar refractivity (Wildman–Crippen MR) is 158 cm³/mol. The molecule has 0 fully saturated rings. The highest BCUT2D eigenvalue weighted by Crippen LogP contribution is 2.32. The molecule has 0 aliphatic carbocycles. The molecule has 0 atom stereocenters. The van der Waals surface area contributed by atoms with Gasteiger partial charge in [0.05, 0.1) is 29.7 Å².